The number of halogens is 2. The van der Waals surface area contributed by atoms with Crippen molar-refractivity contribution in [2.45, 2.75) is 0 Å². The second kappa shape index (κ2) is 4.20. The minimum atomic E-state index is -0.609. The fourth-order valence-electron chi connectivity index (χ4n) is 1.28. The van der Waals surface area contributed by atoms with E-state index >= 15 is 0 Å². The Morgan fingerprint density at radius 3 is 2.53 bits per heavy atom. The monoisotopic (exact) mass is 237 g/mol. The van der Waals surface area contributed by atoms with E-state index in [1.54, 1.807) is 0 Å². The zero-order chi connectivity index (χ0) is 12.4. The Bertz CT molecular complexity index is 538. The van der Waals surface area contributed by atoms with Gasteiger partial charge in [-0.25, -0.2) is 8.78 Å². The van der Waals surface area contributed by atoms with Crippen LogP contribution in [0.3, 0.4) is 0 Å². The molecule has 7 heteroatoms. The van der Waals surface area contributed by atoms with Crippen LogP contribution in [0.5, 0.6) is 0 Å². The standard InChI is InChI=1S/C10H9F2N5/c11-5-1-2-6(12)7(3-5)15-9-4-8(13)16-10(14)17-9/h1-4H,(H5,13,14,15,16,17). The minimum absolute atomic E-state index is 0.0516. The Balaban J connectivity index is 2.34. The van der Waals surface area contributed by atoms with Crippen molar-refractivity contribution in [1.82, 2.24) is 9.97 Å². The molecule has 0 atom stereocenters. The number of nitrogens with one attached hydrogen (secondary N) is 1. The Labute approximate surface area is 95.5 Å². The molecule has 2 rings (SSSR count). The molecule has 0 bridgehead atoms. The molecule has 17 heavy (non-hydrogen) atoms. The topological polar surface area (TPSA) is 89.8 Å². The van der Waals surface area contributed by atoms with Gasteiger partial charge in [-0.3, -0.25) is 0 Å². The van der Waals surface area contributed by atoms with E-state index in [2.05, 4.69) is 15.3 Å². The van der Waals surface area contributed by atoms with Crippen LogP contribution in [0.1, 0.15) is 0 Å². The zero-order valence-electron chi connectivity index (χ0n) is 8.61. The van der Waals surface area contributed by atoms with E-state index in [0.717, 1.165) is 18.2 Å². The average molecular weight is 237 g/mol. The maximum absolute atomic E-state index is 13.3. The van der Waals surface area contributed by atoms with Crippen molar-refractivity contribution in [3.63, 3.8) is 0 Å². The molecule has 5 nitrogen and oxygen atoms in total. The summed E-state index contributed by atoms with van der Waals surface area (Å²) < 4.78 is 26.2. The van der Waals surface area contributed by atoms with Crippen molar-refractivity contribution in [2.75, 3.05) is 16.8 Å². The van der Waals surface area contributed by atoms with E-state index in [-0.39, 0.29) is 23.3 Å². The van der Waals surface area contributed by atoms with E-state index in [1.807, 2.05) is 0 Å². The third kappa shape index (κ3) is 2.57. The molecule has 0 saturated carbocycles. The number of benzene rings is 1. The second-order valence-electron chi connectivity index (χ2n) is 3.29. The SMILES string of the molecule is Nc1cc(Nc2cc(F)ccc2F)nc(N)n1. The van der Waals surface area contributed by atoms with Gasteiger partial charge in [-0.1, -0.05) is 0 Å². The molecule has 1 heterocycles. The molecule has 0 saturated heterocycles. The van der Waals surface area contributed by atoms with E-state index in [9.17, 15) is 8.78 Å². The third-order valence-corrected chi connectivity index (χ3v) is 1.95. The van der Waals surface area contributed by atoms with Crippen LogP contribution in [0.2, 0.25) is 0 Å². The molecule has 0 aliphatic rings. The predicted molar refractivity (Wildman–Crippen MR) is 60.5 cm³/mol. The van der Waals surface area contributed by atoms with Gasteiger partial charge in [0, 0.05) is 12.1 Å². The molecular weight excluding hydrogens is 228 g/mol. The Kier molecular flexibility index (Phi) is 2.73. The van der Waals surface area contributed by atoms with Gasteiger partial charge in [0.2, 0.25) is 5.95 Å². The number of rotatable bonds is 2. The van der Waals surface area contributed by atoms with Crippen LogP contribution in [0.4, 0.5) is 32.1 Å². The van der Waals surface area contributed by atoms with Crippen LogP contribution in [0.15, 0.2) is 24.3 Å². The molecule has 2 aromatic rings. The van der Waals surface area contributed by atoms with E-state index in [4.69, 9.17) is 11.5 Å². The molecule has 0 fully saturated rings. The molecule has 1 aromatic carbocycles. The Hall–Kier alpha value is -2.44. The highest BCUT2D eigenvalue weighted by molar-refractivity contribution is 5.60. The lowest BCUT2D eigenvalue weighted by Crippen LogP contribution is -2.03. The molecule has 5 N–H and O–H groups in total. The van der Waals surface area contributed by atoms with Gasteiger partial charge in [-0.15, -0.1) is 0 Å². The van der Waals surface area contributed by atoms with Gasteiger partial charge in [0.1, 0.15) is 23.3 Å². The molecule has 0 unspecified atom stereocenters. The highest BCUT2D eigenvalue weighted by Gasteiger charge is 2.06. The lowest BCUT2D eigenvalue weighted by molar-refractivity contribution is 0.603. The summed E-state index contributed by atoms with van der Waals surface area (Å²) in [5, 5.41) is 2.57. The van der Waals surface area contributed by atoms with Crippen LogP contribution in [-0.4, -0.2) is 9.97 Å². The number of anilines is 4. The number of nitrogens with zero attached hydrogens (tertiary/aromatic N) is 2. The van der Waals surface area contributed by atoms with Crippen LogP contribution in [0.25, 0.3) is 0 Å². The Morgan fingerprint density at radius 2 is 1.82 bits per heavy atom. The Morgan fingerprint density at radius 1 is 1.06 bits per heavy atom. The van der Waals surface area contributed by atoms with Crippen molar-refractivity contribution >= 4 is 23.3 Å². The fourth-order valence-corrected chi connectivity index (χ4v) is 1.28. The largest absolute Gasteiger partial charge is 0.383 e. The smallest absolute Gasteiger partial charge is 0.223 e. The van der Waals surface area contributed by atoms with Gasteiger partial charge in [0.05, 0.1) is 5.69 Å². The quantitative estimate of drug-likeness (QED) is 0.739. The summed E-state index contributed by atoms with van der Waals surface area (Å²) in [6.45, 7) is 0. The van der Waals surface area contributed by atoms with Crippen molar-refractivity contribution < 1.29 is 8.78 Å². The first-order chi connectivity index (χ1) is 8.04. The predicted octanol–water partition coefficient (Wildman–Crippen LogP) is 1.66. The van der Waals surface area contributed by atoms with Crippen molar-refractivity contribution in [3.05, 3.63) is 35.9 Å². The number of hydrogen-bond acceptors (Lipinski definition) is 5. The summed E-state index contributed by atoms with van der Waals surface area (Å²) in [5.74, 6) is -0.897. The maximum Gasteiger partial charge on any atom is 0.223 e. The number of aromatic nitrogens is 2. The first-order valence-electron chi connectivity index (χ1n) is 4.67. The zero-order valence-corrected chi connectivity index (χ0v) is 8.61. The van der Waals surface area contributed by atoms with E-state index < -0.39 is 11.6 Å². The summed E-state index contributed by atoms with van der Waals surface area (Å²) in [4.78, 5) is 7.44. The van der Waals surface area contributed by atoms with Crippen LogP contribution < -0.4 is 16.8 Å². The summed E-state index contributed by atoms with van der Waals surface area (Å²) in [7, 11) is 0. The van der Waals surface area contributed by atoms with Crippen molar-refractivity contribution in [1.29, 1.82) is 0 Å². The van der Waals surface area contributed by atoms with Crippen LogP contribution in [0, 0.1) is 11.6 Å². The molecule has 0 spiro atoms. The fraction of sp³-hybridized carbons (Fsp3) is 0. The van der Waals surface area contributed by atoms with Crippen molar-refractivity contribution in [3.8, 4) is 0 Å². The average Bonchev–Trinajstić information content (AvgIpc) is 2.22. The summed E-state index contributed by atoms with van der Waals surface area (Å²) in [5.41, 5.74) is 10.8. The minimum Gasteiger partial charge on any atom is -0.383 e. The molecule has 0 aliphatic carbocycles. The van der Waals surface area contributed by atoms with Crippen molar-refractivity contribution in [2.24, 2.45) is 0 Å². The third-order valence-electron chi connectivity index (χ3n) is 1.95. The lowest BCUT2D eigenvalue weighted by atomic mass is 10.3. The normalized spacial score (nSPS) is 10.2. The first-order valence-corrected chi connectivity index (χ1v) is 4.67. The summed E-state index contributed by atoms with van der Waals surface area (Å²) >= 11 is 0. The van der Waals surface area contributed by atoms with Gasteiger partial charge in [0.25, 0.3) is 0 Å². The molecular formula is C10H9F2N5. The molecule has 0 amide bonds. The van der Waals surface area contributed by atoms with Gasteiger partial charge in [-0.05, 0) is 12.1 Å². The van der Waals surface area contributed by atoms with E-state index in [1.165, 1.54) is 6.07 Å². The van der Waals surface area contributed by atoms with Crippen LogP contribution >= 0.6 is 0 Å². The molecule has 0 radical (unpaired) electrons. The maximum atomic E-state index is 13.3. The number of hydrogen-bond donors (Lipinski definition) is 3. The second-order valence-corrected chi connectivity index (χ2v) is 3.29. The van der Waals surface area contributed by atoms with Gasteiger partial charge in [-0.2, -0.15) is 9.97 Å². The lowest BCUT2D eigenvalue weighted by Gasteiger charge is -2.07. The van der Waals surface area contributed by atoms with Gasteiger partial charge in [0.15, 0.2) is 0 Å². The number of nitrogens with two attached hydrogens (primary N) is 2. The summed E-state index contributed by atoms with van der Waals surface area (Å²) in [6, 6.07) is 4.39. The summed E-state index contributed by atoms with van der Waals surface area (Å²) in [6.07, 6.45) is 0. The molecule has 1 aromatic heterocycles. The highest BCUT2D eigenvalue weighted by atomic mass is 19.1. The van der Waals surface area contributed by atoms with E-state index in [0.29, 0.717) is 0 Å². The number of nitrogen functional groups attached to an aromatic ring is 2. The van der Waals surface area contributed by atoms with Crippen LogP contribution in [-0.2, 0) is 0 Å². The van der Waals surface area contributed by atoms with Gasteiger partial charge >= 0.3 is 0 Å². The molecule has 0 aliphatic heterocycles. The highest BCUT2D eigenvalue weighted by Crippen LogP contribution is 2.20. The molecule has 88 valence electrons. The first kappa shape index (κ1) is 11.1. The van der Waals surface area contributed by atoms with Gasteiger partial charge < -0.3 is 16.8 Å².